The summed E-state index contributed by atoms with van der Waals surface area (Å²) in [6.07, 6.45) is -1.98. The van der Waals surface area contributed by atoms with Gasteiger partial charge < -0.3 is 10.6 Å². The number of hydrogen-bond donors (Lipinski definition) is 3. The van der Waals surface area contributed by atoms with Crippen LogP contribution in [0.5, 0.6) is 0 Å². The SMILES string of the molecule is CC1CC(N(N)c2cc[nH]n2)=C(N)CN1C(=O)c1ccnc(C(F)(F)F)c1Cl. The van der Waals surface area contributed by atoms with Crippen molar-refractivity contribution in [2.24, 2.45) is 11.6 Å². The van der Waals surface area contributed by atoms with Crippen molar-refractivity contribution in [3.05, 3.63) is 52.2 Å². The van der Waals surface area contributed by atoms with Crippen molar-refractivity contribution in [3.8, 4) is 0 Å². The zero-order valence-corrected chi connectivity index (χ0v) is 15.4. The smallest absolute Gasteiger partial charge is 0.399 e. The Balaban J connectivity index is 1.89. The molecule has 0 bridgehead atoms. The van der Waals surface area contributed by atoms with Gasteiger partial charge in [0.2, 0.25) is 0 Å². The molecule has 1 aliphatic heterocycles. The molecule has 1 amide bonds. The predicted molar refractivity (Wildman–Crippen MR) is 95.8 cm³/mol. The van der Waals surface area contributed by atoms with Gasteiger partial charge in [-0.2, -0.15) is 18.3 Å². The lowest BCUT2D eigenvalue weighted by atomic mass is 10.0. The Morgan fingerprint density at radius 2 is 2.14 bits per heavy atom. The van der Waals surface area contributed by atoms with Crippen LogP contribution in [0.3, 0.4) is 0 Å². The van der Waals surface area contributed by atoms with Crippen molar-refractivity contribution < 1.29 is 18.0 Å². The molecule has 12 heteroatoms. The van der Waals surface area contributed by atoms with Crippen LogP contribution in [0.15, 0.2) is 35.9 Å². The van der Waals surface area contributed by atoms with E-state index in [-0.39, 0.29) is 18.5 Å². The Morgan fingerprint density at radius 1 is 1.43 bits per heavy atom. The van der Waals surface area contributed by atoms with E-state index in [4.69, 9.17) is 23.2 Å². The second-order valence-corrected chi connectivity index (χ2v) is 6.66. The van der Waals surface area contributed by atoms with Gasteiger partial charge >= 0.3 is 6.18 Å². The van der Waals surface area contributed by atoms with Crippen LogP contribution in [0.4, 0.5) is 19.0 Å². The number of halogens is 4. The third-order valence-corrected chi connectivity index (χ3v) is 4.79. The van der Waals surface area contributed by atoms with Gasteiger partial charge in [0, 0.05) is 36.6 Å². The van der Waals surface area contributed by atoms with Crippen molar-refractivity contribution in [2.75, 3.05) is 11.6 Å². The zero-order chi connectivity index (χ0) is 20.6. The quantitative estimate of drug-likeness (QED) is 0.523. The lowest BCUT2D eigenvalue weighted by Gasteiger charge is -2.37. The molecule has 3 rings (SSSR count). The zero-order valence-electron chi connectivity index (χ0n) is 14.7. The molecule has 0 fully saturated rings. The summed E-state index contributed by atoms with van der Waals surface area (Å²) in [4.78, 5) is 17.5. The molecular formula is C16H17ClF3N7O. The first-order chi connectivity index (χ1) is 13.1. The van der Waals surface area contributed by atoms with Crippen LogP contribution >= 0.6 is 11.6 Å². The number of nitrogens with one attached hydrogen (secondary N) is 1. The largest absolute Gasteiger partial charge is 0.434 e. The first kappa shape index (κ1) is 20.0. The summed E-state index contributed by atoms with van der Waals surface area (Å²) in [6.45, 7) is 1.72. The maximum atomic E-state index is 13.0. The number of aromatic amines is 1. The molecule has 28 heavy (non-hydrogen) atoms. The van der Waals surface area contributed by atoms with Gasteiger partial charge in [0.25, 0.3) is 5.91 Å². The molecule has 0 saturated heterocycles. The van der Waals surface area contributed by atoms with Crippen LogP contribution in [0.2, 0.25) is 5.02 Å². The lowest BCUT2D eigenvalue weighted by Crippen LogP contribution is -2.48. The van der Waals surface area contributed by atoms with E-state index in [0.717, 1.165) is 12.3 Å². The molecular weight excluding hydrogens is 399 g/mol. The topological polar surface area (TPSA) is 117 Å². The van der Waals surface area contributed by atoms with Gasteiger partial charge in [-0.1, -0.05) is 11.6 Å². The third kappa shape index (κ3) is 3.62. The van der Waals surface area contributed by atoms with Crippen LogP contribution in [-0.4, -0.2) is 38.6 Å². The highest BCUT2D eigenvalue weighted by Gasteiger charge is 2.38. The molecule has 1 atom stereocenters. The fourth-order valence-electron chi connectivity index (χ4n) is 2.96. The number of amides is 1. The first-order valence-corrected chi connectivity index (χ1v) is 8.53. The summed E-state index contributed by atoms with van der Waals surface area (Å²) in [5.74, 6) is 5.82. The van der Waals surface area contributed by atoms with E-state index >= 15 is 0 Å². The highest BCUT2D eigenvalue weighted by molar-refractivity contribution is 6.34. The summed E-state index contributed by atoms with van der Waals surface area (Å²) in [7, 11) is 0. The van der Waals surface area contributed by atoms with Gasteiger partial charge in [-0.25, -0.2) is 5.84 Å². The Bertz CT molecular complexity index is 913. The van der Waals surface area contributed by atoms with Crippen LogP contribution < -0.4 is 16.6 Å². The van der Waals surface area contributed by atoms with Gasteiger partial charge in [-0.3, -0.25) is 19.9 Å². The Labute approximate surface area is 162 Å². The average molecular weight is 416 g/mol. The number of nitrogens with zero attached hydrogens (tertiary/aromatic N) is 4. The van der Waals surface area contributed by atoms with Gasteiger partial charge in [0.1, 0.15) is 0 Å². The highest BCUT2D eigenvalue weighted by Crippen LogP contribution is 2.35. The molecule has 2 aromatic heterocycles. The van der Waals surface area contributed by atoms with Gasteiger partial charge in [0.05, 0.1) is 22.8 Å². The number of rotatable bonds is 3. The van der Waals surface area contributed by atoms with Gasteiger partial charge in [-0.05, 0) is 13.0 Å². The number of hydrazine groups is 1. The number of carbonyl (C=O) groups excluding carboxylic acids is 1. The number of aromatic nitrogens is 3. The van der Waals surface area contributed by atoms with E-state index in [1.165, 1.54) is 9.91 Å². The molecule has 8 nitrogen and oxygen atoms in total. The molecule has 150 valence electrons. The minimum absolute atomic E-state index is 0.0204. The van der Waals surface area contributed by atoms with E-state index in [1.807, 2.05) is 0 Å². The number of H-pyrrole nitrogens is 1. The number of hydrogen-bond acceptors (Lipinski definition) is 6. The summed E-state index contributed by atoms with van der Waals surface area (Å²) in [5, 5.41) is 7.18. The maximum absolute atomic E-state index is 13.0. The highest BCUT2D eigenvalue weighted by atomic mass is 35.5. The van der Waals surface area contributed by atoms with Crippen molar-refractivity contribution in [2.45, 2.75) is 25.6 Å². The van der Waals surface area contributed by atoms with Crippen LogP contribution in [0.25, 0.3) is 0 Å². The first-order valence-electron chi connectivity index (χ1n) is 8.16. The fourth-order valence-corrected chi connectivity index (χ4v) is 3.26. The molecule has 0 aliphatic carbocycles. The van der Waals surface area contributed by atoms with Crippen molar-refractivity contribution >= 4 is 23.3 Å². The molecule has 3 heterocycles. The van der Waals surface area contributed by atoms with Crippen molar-refractivity contribution in [3.63, 3.8) is 0 Å². The minimum Gasteiger partial charge on any atom is -0.399 e. The third-order valence-electron chi connectivity index (χ3n) is 4.40. The van der Waals surface area contributed by atoms with Crippen molar-refractivity contribution in [1.82, 2.24) is 20.1 Å². The maximum Gasteiger partial charge on any atom is 0.434 e. The average Bonchev–Trinajstić information content (AvgIpc) is 3.16. The Morgan fingerprint density at radius 3 is 2.75 bits per heavy atom. The standard InChI is InChI=1S/C16H17ClF3N7O/c1-8-6-11(27(22)12-3-5-24-25-12)10(21)7-26(8)15(28)9-2-4-23-14(13(9)17)16(18,19)20/h2-5,8H,6-7,21-22H2,1H3,(H,24,25). The fraction of sp³-hybridized carbons (Fsp3) is 0.312. The van der Waals surface area contributed by atoms with Crippen molar-refractivity contribution in [1.29, 1.82) is 0 Å². The van der Waals surface area contributed by atoms with Gasteiger partial charge in [-0.15, -0.1) is 0 Å². The number of anilines is 1. The summed E-state index contributed by atoms with van der Waals surface area (Å²) < 4.78 is 39.1. The van der Waals surface area contributed by atoms with E-state index in [0.29, 0.717) is 17.2 Å². The summed E-state index contributed by atoms with van der Waals surface area (Å²) >= 11 is 5.83. The number of pyridine rings is 1. The van der Waals surface area contributed by atoms with Gasteiger partial charge in [0.15, 0.2) is 11.5 Å². The predicted octanol–water partition coefficient (Wildman–Crippen LogP) is 2.26. The molecule has 2 aromatic rings. The second-order valence-electron chi connectivity index (χ2n) is 6.28. The Kier molecular flexibility index (Phi) is 5.22. The van der Waals surface area contributed by atoms with E-state index in [2.05, 4.69) is 15.2 Å². The summed E-state index contributed by atoms with van der Waals surface area (Å²) in [5.41, 5.74) is 5.37. The summed E-state index contributed by atoms with van der Waals surface area (Å²) in [6, 6.07) is 2.41. The van der Waals surface area contributed by atoms with E-state index < -0.39 is 28.8 Å². The molecule has 0 aromatic carbocycles. The molecule has 1 aliphatic rings. The molecule has 0 spiro atoms. The molecule has 0 radical (unpaired) electrons. The number of nitrogens with two attached hydrogens (primary N) is 2. The van der Waals surface area contributed by atoms with Crippen LogP contribution in [0.1, 0.15) is 29.4 Å². The molecule has 1 unspecified atom stereocenters. The van der Waals surface area contributed by atoms with Crippen LogP contribution in [0, 0.1) is 0 Å². The monoisotopic (exact) mass is 415 g/mol. The van der Waals surface area contributed by atoms with Crippen LogP contribution in [-0.2, 0) is 6.18 Å². The molecule has 5 N–H and O–H groups in total. The van der Waals surface area contributed by atoms with E-state index in [1.54, 1.807) is 19.2 Å². The second kappa shape index (κ2) is 7.32. The Hall–Kier alpha value is -2.79. The lowest BCUT2D eigenvalue weighted by molar-refractivity contribution is -0.141. The minimum atomic E-state index is -4.77. The normalized spacial score (nSPS) is 17.8. The number of carbonyl (C=O) groups is 1. The number of alkyl halides is 3. The van der Waals surface area contributed by atoms with E-state index in [9.17, 15) is 18.0 Å². The molecule has 0 saturated carbocycles.